The van der Waals surface area contributed by atoms with Crippen LogP contribution in [0, 0.1) is 0 Å². The molecule has 0 bridgehead atoms. The molecule has 0 spiro atoms. The maximum Gasteiger partial charge on any atom is 0.307 e. The fourth-order valence-corrected chi connectivity index (χ4v) is 0.117. The monoisotopic (exact) mass is 247 g/mol. The van der Waals surface area contributed by atoms with Gasteiger partial charge in [0.05, 0.1) is 12.2 Å². The van der Waals surface area contributed by atoms with Crippen molar-refractivity contribution in [3.8, 4) is 0 Å². The Balaban J connectivity index is -0.0000000653. The van der Waals surface area contributed by atoms with E-state index in [-0.39, 0.29) is 5.97 Å². The molecule has 0 aromatic carbocycles. The molecule has 0 heterocycles. The third kappa shape index (κ3) is 150. The highest BCUT2D eigenvalue weighted by molar-refractivity contribution is 6.25. The zero-order valence-electron chi connectivity index (χ0n) is 9.28. The van der Waals surface area contributed by atoms with Crippen LogP contribution in [0.4, 0.5) is 0 Å². The van der Waals surface area contributed by atoms with Gasteiger partial charge in [-0.2, -0.15) is 0 Å². The molecule has 0 saturated heterocycles. The van der Waals surface area contributed by atoms with Gasteiger partial charge in [-0.1, -0.05) is 31.3 Å². The van der Waals surface area contributed by atoms with E-state index in [0.29, 0.717) is 0 Å². The lowest BCUT2D eigenvalue weighted by Crippen LogP contribution is -2.17. The molecule has 0 amide bonds. The Hall–Kier alpha value is -1.81. The molecule has 0 fully saturated rings. The summed E-state index contributed by atoms with van der Waals surface area (Å²) in [6, 6.07) is 0. The number of carbonyl (C=O) groups is 2. The number of aliphatic carboxylic acids is 1. The first-order valence-corrected chi connectivity index (χ1v) is 4.22. The Morgan fingerprint density at radius 2 is 1.50 bits per heavy atom. The summed E-state index contributed by atoms with van der Waals surface area (Å²) in [7, 11) is 0. The number of hydrogen-bond acceptors (Lipinski definition) is 4. The van der Waals surface area contributed by atoms with Gasteiger partial charge < -0.3 is 14.6 Å². The first-order valence-electron chi connectivity index (χ1n) is 3.78. The fourth-order valence-electron chi connectivity index (χ4n) is 0.117. The molecule has 0 aromatic rings. The second-order valence-electron chi connectivity index (χ2n) is 1.45. The Kier molecular flexibility index (Phi) is 43.4. The van der Waals surface area contributed by atoms with Crippen LogP contribution in [-0.4, -0.2) is 11.9 Å². The number of esters is 1. The molecule has 0 aliphatic rings. The van der Waals surface area contributed by atoms with E-state index < -0.39 is 5.97 Å². The zero-order chi connectivity index (χ0) is 14.0. The first-order chi connectivity index (χ1) is 7.45. The molecular formula is C11H16ClO4-. The van der Waals surface area contributed by atoms with Crippen molar-refractivity contribution in [1.82, 2.24) is 0 Å². The Morgan fingerprint density at radius 3 is 1.50 bits per heavy atom. The van der Waals surface area contributed by atoms with Crippen LogP contribution in [0.15, 0.2) is 50.8 Å². The van der Waals surface area contributed by atoms with Gasteiger partial charge >= 0.3 is 5.97 Å². The minimum Gasteiger partial charge on any atom is -0.545 e. The van der Waals surface area contributed by atoms with Crippen LogP contribution in [0.5, 0.6) is 0 Å². The molecule has 0 saturated carbocycles. The number of ether oxygens (including phenoxy) is 1. The maximum absolute atomic E-state index is 9.75. The van der Waals surface area contributed by atoms with E-state index >= 15 is 0 Å². The van der Waals surface area contributed by atoms with Crippen molar-refractivity contribution in [2.45, 2.75) is 6.92 Å². The largest absolute Gasteiger partial charge is 0.545 e. The third-order valence-corrected chi connectivity index (χ3v) is 0.416. The van der Waals surface area contributed by atoms with Crippen molar-refractivity contribution in [1.29, 1.82) is 0 Å². The Bertz CT molecular complexity index is 212. The zero-order valence-corrected chi connectivity index (χ0v) is 10.0. The lowest BCUT2D eigenvalue weighted by Gasteiger charge is -1.83. The number of carboxylic acids is 1. The molecule has 0 aliphatic carbocycles. The van der Waals surface area contributed by atoms with Gasteiger partial charge in [0.15, 0.2) is 0 Å². The van der Waals surface area contributed by atoms with E-state index in [2.05, 4.69) is 37.6 Å². The highest BCUT2D eigenvalue weighted by atomic mass is 35.5. The minimum absolute atomic E-state index is 0.329. The van der Waals surface area contributed by atoms with E-state index in [4.69, 9.17) is 21.5 Å². The average molecular weight is 248 g/mol. The second kappa shape index (κ2) is 29.2. The Labute approximate surface area is 101 Å². The van der Waals surface area contributed by atoms with Crippen molar-refractivity contribution < 1.29 is 19.4 Å². The molecule has 0 atom stereocenters. The number of carbonyl (C=O) groups excluding carboxylic acids is 2. The van der Waals surface area contributed by atoms with Gasteiger partial charge in [-0.3, -0.25) is 4.79 Å². The van der Waals surface area contributed by atoms with Gasteiger partial charge in [0.1, 0.15) is 0 Å². The van der Waals surface area contributed by atoms with Crippen LogP contribution in [0.3, 0.4) is 0 Å². The fraction of sp³-hybridized carbons (Fsp3) is 0.0909. The second-order valence-corrected chi connectivity index (χ2v) is 1.76. The summed E-state index contributed by atoms with van der Waals surface area (Å²) >= 11 is 4.76. The lowest BCUT2D eigenvalue weighted by atomic mass is 10.7. The molecule has 0 aliphatic heterocycles. The molecule has 0 N–H and O–H groups in total. The average Bonchev–Trinajstić information content (AvgIpc) is 2.22. The van der Waals surface area contributed by atoms with Gasteiger partial charge in [-0.05, 0) is 11.6 Å². The van der Waals surface area contributed by atoms with Crippen molar-refractivity contribution >= 4 is 23.5 Å². The molecule has 0 radical (unpaired) electrons. The van der Waals surface area contributed by atoms with Crippen LogP contribution in [0.25, 0.3) is 0 Å². The normalized spacial score (nSPS) is 5.62. The number of hydrogen-bond donors (Lipinski definition) is 0. The smallest absolute Gasteiger partial charge is 0.307 e. The SMILES string of the molecule is C=C.C=CC(=O)[O-].C=CCl.C=COC(C)=O. The van der Waals surface area contributed by atoms with Crippen molar-refractivity contribution in [3.05, 3.63) is 50.8 Å². The van der Waals surface area contributed by atoms with E-state index in [1.165, 1.54) is 12.5 Å². The number of rotatable bonds is 2. The molecule has 0 aromatic heterocycles. The molecule has 4 nitrogen and oxygen atoms in total. The van der Waals surface area contributed by atoms with E-state index in [0.717, 1.165) is 12.3 Å². The van der Waals surface area contributed by atoms with Crippen LogP contribution >= 0.6 is 11.6 Å². The third-order valence-electron chi connectivity index (χ3n) is 0.416. The topological polar surface area (TPSA) is 66.4 Å². The van der Waals surface area contributed by atoms with E-state index in [1.807, 2.05) is 0 Å². The quantitative estimate of drug-likeness (QED) is 0.323. The summed E-state index contributed by atoms with van der Waals surface area (Å²) in [6.45, 7) is 16.5. The van der Waals surface area contributed by atoms with Gasteiger partial charge in [0.25, 0.3) is 0 Å². The summed E-state index contributed by atoms with van der Waals surface area (Å²) in [5.41, 5.74) is 1.22. The number of carboxylic acid groups (broad SMARTS) is 1. The van der Waals surface area contributed by atoms with Crippen molar-refractivity contribution in [2.24, 2.45) is 0 Å². The molecule has 92 valence electrons. The summed E-state index contributed by atoms with van der Waals surface area (Å²) in [6.07, 6.45) is 1.82. The summed E-state index contributed by atoms with van der Waals surface area (Å²) in [5.74, 6) is -1.56. The van der Waals surface area contributed by atoms with Gasteiger partial charge in [-0.25, -0.2) is 0 Å². The van der Waals surface area contributed by atoms with Crippen molar-refractivity contribution in [3.63, 3.8) is 0 Å². The van der Waals surface area contributed by atoms with Crippen molar-refractivity contribution in [2.75, 3.05) is 0 Å². The summed E-state index contributed by atoms with van der Waals surface area (Å²) in [5, 5.41) is 9.14. The van der Waals surface area contributed by atoms with Crippen LogP contribution in [-0.2, 0) is 14.3 Å². The standard InChI is InChI=1S/C4H6O2.C3H4O2.C2H3Cl.C2H4/c1-3-6-4(2)5;1-2-3(4)5;1-2-3;1-2/h3H,1H2,2H3;2H,1H2,(H,4,5);2H,1H2;1-2H2/p-1. The summed E-state index contributed by atoms with van der Waals surface area (Å²) in [4.78, 5) is 18.9. The molecule has 0 unspecified atom stereocenters. The lowest BCUT2D eigenvalue weighted by molar-refractivity contribution is -0.297. The predicted octanol–water partition coefficient (Wildman–Crippen LogP) is 1.79. The maximum atomic E-state index is 9.75. The predicted molar refractivity (Wildman–Crippen MR) is 64.5 cm³/mol. The molecule has 0 rings (SSSR count). The molecule has 5 heteroatoms. The first kappa shape index (κ1) is 23.8. The van der Waals surface area contributed by atoms with Crippen LogP contribution in [0.2, 0.25) is 0 Å². The highest BCUT2D eigenvalue weighted by Crippen LogP contribution is 1.70. The van der Waals surface area contributed by atoms with Crippen LogP contribution in [0.1, 0.15) is 6.92 Å². The van der Waals surface area contributed by atoms with Gasteiger partial charge in [-0.15, -0.1) is 13.2 Å². The van der Waals surface area contributed by atoms with E-state index in [9.17, 15) is 4.79 Å². The minimum atomic E-state index is -1.23. The van der Waals surface area contributed by atoms with E-state index in [1.54, 1.807) is 0 Å². The van der Waals surface area contributed by atoms with Gasteiger partial charge in [0, 0.05) is 6.92 Å². The summed E-state index contributed by atoms with van der Waals surface area (Å²) < 4.78 is 4.17. The highest BCUT2D eigenvalue weighted by Gasteiger charge is 1.79. The van der Waals surface area contributed by atoms with Gasteiger partial charge in [0.2, 0.25) is 0 Å². The molecule has 16 heavy (non-hydrogen) atoms. The Morgan fingerprint density at radius 1 is 1.25 bits per heavy atom. The number of halogens is 1. The molecular weight excluding hydrogens is 232 g/mol. The van der Waals surface area contributed by atoms with Crippen LogP contribution < -0.4 is 5.11 Å².